The molecule has 0 saturated heterocycles. The van der Waals surface area contributed by atoms with E-state index in [1.165, 1.54) is 38.5 Å². The standard InChI is InChI=1S/C23H44O4/c1-4-7-8-9-10-11-12-16-19-26-22(24)17-14-13-15-18-23(25)27-20-21(5-2)6-3/h21H,4-20H2,1-3H3. The van der Waals surface area contributed by atoms with Gasteiger partial charge in [-0.25, -0.2) is 0 Å². The van der Waals surface area contributed by atoms with Gasteiger partial charge in [-0.15, -0.1) is 0 Å². The Labute approximate surface area is 167 Å². The van der Waals surface area contributed by atoms with Gasteiger partial charge in [0.25, 0.3) is 0 Å². The van der Waals surface area contributed by atoms with Gasteiger partial charge in [-0.3, -0.25) is 9.59 Å². The molecule has 0 unspecified atom stereocenters. The highest BCUT2D eigenvalue weighted by Gasteiger charge is 2.08. The number of carbonyl (C=O) groups is 2. The van der Waals surface area contributed by atoms with Gasteiger partial charge in [0.1, 0.15) is 0 Å². The fraction of sp³-hybridized carbons (Fsp3) is 0.913. The molecule has 0 rings (SSSR count). The summed E-state index contributed by atoms with van der Waals surface area (Å²) in [5.74, 6) is 0.262. The predicted molar refractivity (Wildman–Crippen MR) is 112 cm³/mol. The maximum Gasteiger partial charge on any atom is 0.305 e. The van der Waals surface area contributed by atoms with Crippen molar-refractivity contribution in [2.75, 3.05) is 13.2 Å². The van der Waals surface area contributed by atoms with E-state index in [2.05, 4.69) is 20.8 Å². The van der Waals surface area contributed by atoms with Crippen LogP contribution >= 0.6 is 0 Å². The van der Waals surface area contributed by atoms with E-state index < -0.39 is 0 Å². The van der Waals surface area contributed by atoms with E-state index in [0.29, 0.717) is 32.0 Å². The summed E-state index contributed by atoms with van der Waals surface area (Å²) in [6.45, 7) is 7.57. The highest BCUT2D eigenvalue weighted by Crippen LogP contribution is 2.11. The molecule has 4 nitrogen and oxygen atoms in total. The Balaban J connectivity index is 3.37. The minimum atomic E-state index is -0.112. The summed E-state index contributed by atoms with van der Waals surface area (Å²) in [4.78, 5) is 23.3. The van der Waals surface area contributed by atoms with Crippen LogP contribution in [0.5, 0.6) is 0 Å². The Morgan fingerprint density at radius 2 is 1.11 bits per heavy atom. The van der Waals surface area contributed by atoms with E-state index >= 15 is 0 Å². The first-order chi connectivity index (χ1) is 13.1. The van der Waals surface area contributed by atoms with Crippen LogP contribution in [0.25, 0.3) is 0 Å². The molecule has 0 heterocycles. The van der Waals surface area contributed by atoms with Crippen molar-refractivity contribution in [3.8, 4) is 0 Å². The van der Waals surface area contributed by atoms with Crippen LogP contribution in [0.2, 0.25) is 0 Å². The highest BCUT2D eigenvalue weighted by molar-refractivity contribution is 5.69. The molecule has 0 amide bonds. The lowest BCUT2D eigenvalue weighted by molar-refractivity contribution is -0.145. The zero-order chi connectivity index (χ0) is 20.2. The van der Waals surface area contributed by atoms with Crippen LogP contribution in [-0.2, 0) is 19.1 Å². The second-order valence-corrected chi connectivity index (χ2v) is 7.62. The largest absolute Gasteiger partial charge is 0.466 e. The van der Waals surface area contributed by atoms with E-state index in [1.807, 2.05) is 0 Å². The van der Waals surface area contributed by atoms with Gasteiger partial charge < -0.3 is 9.47 Å². The first-order valence-corrected chi connectivity index (χ1v) is 11.4. The summed E-state index contributed by atoms with van der Waals surface area (Å²) in [7, 11) is 0. The third kappa shape index (κ3) is 18.1. The van der Waals surface area contributed by atoms with Crippen LogP contribution in [0.15, 0.2) is 0 Å². The lowest BCUT2D eigenvalue weighted by Gasteiger charge is -2.12. The van der Waals surface area contributed by atoms with Gasteiger partial charge in [-0.1, -0.05) is 85.0 Å². The van der Waals surface area contributed by atoms with E-state index in [4.69, 9.17) is 9.47 Å². The van der Waals surface area contributed by atoms with Crippen molar-refractivity contribution in [3.63, 3.8) is 0 Å². The van der Waals surface area contributed by atoms with Crippen molar-refractivity contribution in [1.29, 1.82) is 0 Å². The van der Waals surface area contributed by atoms with E-state index in [1.54, 1.807) is 0 Å². The number of carbonyl (C=O) groups excluding carboxylic acids is 2. The molecule has 0 aliphatic heterocycles. The van der Waals surface area contributed by atoms with Gasteiger partial charge in [0.2, 0.25) is 0 Å². The normalized spacial score (nSPS) is 11.0. The van der Waals surface area contributed by atoms with Gasteiger partial charge in [0.15, 0.2) is 0 Å². The minimum absolute atomic E-state index is 0.103. The topological polar surface area (TPSA) is 52.6 Å². The van der Waals surface area contributed by atoms with Crippen molar-refractivity contribution in [2.24, 2.45) is 5.92 Å². The molecule has 0 aliphatic carbocycles. The second kappa shape index (κ2) is 19.7. The average Bonchev–Trinajstić information content (AvgIpc) is 2.67. The summed E-state index contributed by atoms with van der Waals surface area (Å²) in [5.41, 5.74) is 0. The quantitative estimate of drug-likeness (QED) is 0.186. The van der Waals surface area contributed by atoms with Crippen LogP contribution < -0.4 is 0 Å². The lowest BCUT2D eigenvalue weighted by atomic mass is 10.1. The Hall–Kier alpha value is -1.06. The number of esters is 2. The van der Waals surface area contributed by atoms with Gasteiger partial charge in [-0.05, 0) is 25.2 Å². The Morgan fingerprint density at radius 1 is 0.630 bits per heavy atom. The third-order valence-electron chi connectivity index (χ3n) is 5.16. The van der Waals surface area contributed by atoms with Crippen LogP contribution in [-0.4, -0.2) is 25.2 Å². The molecule has 0 bridgehead atoms. The van der Waals surface area contributed by atoms with E-state index in [-0.39, 0.29) is 11.9 Å². The predicted octanol–water partition coefficient (Wildman–Crippen LogP) is 6.60. The van der Waals surface area contributed by atoms with Crippen LogP contribution in [0, 0.1) is 5.92 Å². The fourth-order valence-electron chi connectivity index (χ4n) is 3.02. The minimum Gasteiger partial charge on any atom is -0.466 e. The molecule has 0 aliphatic rings. The maximum atomic E-state index is 11.7. The third-order valence-corrected chi connectivity index (χ3v) is 5.16. The molecule has 0 aromatic rings. The molecule has 0 spiro atoms. The van der Waals surface area contributed by atoms with E-state index in [0.717, 1.165) is 44.9 Å². The summed E-state index contributed by atoms with van der Waals surface area (Å²) in [6.07, 6.45) is 15.4. The molecular weight excluding hydrogens is 340 g/mol. The summed E-state index contributed by atoms with van der Waals surface area (Å²) >= 11 is 0. The smallest absolute Gasteiger partial charge is 0.305 e. The zero-order valence-electron chi connectivity index (χ0n) is 18.2. The maximum absolute atomic E-state index is 11.7. The Morgan fingerprint density at radius 3 is 1.67 bits per heavy atom. The number of hydrogen-bond donors (Lipinski definition) is 0. The lowest BCUT2D eigenvalue weighted by Crippen LogP contribution is -2.13. The van der Waals surface area contributed by atoms with Crippen molar-refractivity contribution in [3.05, 3.63) is 0 Å². The molecular formula is C23H44O4. The van der Waals surface area contributed by atoms with Gasteiger partial charge in [-0.2, -0.15) is 0 Å². The molecule has 0 fully saturated rings. The van der Waals surface area contributed by atoms with Crippen LogP contribution in [0.1, 0.15) is 117 Å². The summed E-state index contributed by atoms with van der Waals surface area (Å²) in [6, 6.07) is 0. The molecule has 0 N–H and O–H groups in total. The first-order valence-electron chi connectivity index (χ1n) is 11.4. The summed E-state index contributed by atoms with van der Waals surface area (Å²) < 4.78 is 10.6. The van der Waals surface area contributed by atoms with Crippen molar-refractivity contribution in [1.82, 2.24) is 0 Å². The van der Waals surface area contributed by atoms with E-state index in [9.17, 15) is 9.59 Å². The van der Waals surface area contributed by atoms with Crippen LogP contribution in [0.4, 0.5) is 0 Å². The fourth-order valence-corrected chi connectivity index (χ4v) is 3.02. The molecule has 0 aromatic heterocycles. The van der Waals surface area contributed by atoms with Crippen molar-refractivity contribution >= 4 is 11.9 Å². The Kier molecular flexibility index (Phi) is 18.9. The monoisotopic (exact) mass is 384 g/mol. The van der Waals surface area contributed by atoms with Gasteiger partial charge in [0, 0.05) is 12.8 Å². The Bertz CT molecular complexity index is 350. The molecule has 0 aromatic carbocycles. The molecule has 27 heavy (non-hydrogen) atoms. The molecule has 0 saturated carbocycles. The van der Waals surface area contributed by atoms with Crippen LogP contribution in [0.3, 0.4) is 0 Å². The number of hydrogen-bond acceptors (Lipinski definition) is 4. The summed E-state index contributed by atoms with van der Waals surface area (Å²) in [5, 5.41) is 0. The van der Waals surface area contributed by atoms with Gasteiger partial charge >= 0.3 is 11.9 Å². The average molecular weight is 385 g/mol. The van der Waals surface area contributed by atoms with Crippen molar-refractivity contribution < 1.29 is 19.1 Å². The SMILES string of the molecule is CCCCCCCCCCOC(=O)CCCCCC(=O)OCC(CC)CC. The molecule has 0 radical (unpaired) electrons. The molecule has 160 valence electrons. The molecule has 0 atom stereocenters. The second-order valence-electron chi connectivity index (χ2n) is 7.62. The first kappa shape index (κ1) is 25.9. The highest BCUT2D eigenvalue weighted by atomic mass is 16.5. The number of unbranched alkanes of at least 4 members (excludes halogenated alkanes) is 9. The zero-order valence-corrected chi connectivity index (χ0v) is 18.2. The number of ether oxygens (including phenoxy) is 2. The van der Waals surface area contributed by atoms with Gasteiger partial charge in [0.05, 0.1) is 13.2 Å². The van der Waals surface area contributed by atoms with Crippen molar-refractivity contribution in [2.45, 2.75) is 117 Å². The number of rotatable bonds is 19. The molecule has 4 heteroatoms.